The molecule has 1 heterocycles. The summed E-state index contributed by atoms with van der Waals surface area (Å²) < 4.78 is 5.99. The van der Waals surface area contributed by atoms with Crippen molar-refractivity contribution in [2.24, 2.45) is 7.05 Å². The fraction of sp³-hybridized carbons (Fsp3) is 0.429. The van der Waals surface area contributed by atoms with E-state index in [0.29, 0.717) is 11.5 Å². The van der Waals surface area contributed by atoms with E-state index in [-0.39, 0.29) is 12.4 Å². The van der Waals surface area contributed by atoms with Crippen molar-refractivity contribution in [2.45, 2.75) is 6.42 Å². The van der Waals surface area contributed by atoms with Crippen LogP contribution >= 0.6 is 0 Å². The molecule has 0 bridgehead atoms. The lowest BCUT2D eigenvalue weighted by molar-refractivity contribution is -0.139. The van der Waals surface area contributed by atoms with Crippen LogP contribution in [0.25, 0.3) is 0 Å². The van der Waals surface area contributed by atoms with Crippen LogP contribution < -0.4 is 5.73 Å². The van der Waals surface area contributed by atoms with E-state index < -0.39 is 0 Å². The Morgan fingerprint density at radius 3 is 2.92 bits per heavy atom. The lowest BCUT2D eigenvalue weighted by atomic mass is 10.3. The van der Waals surface area contributed by atoms with Crippen LogP contribution in [-0.2, 0) is 23.0 Å². The number of carbonyl (C=O) groups excluding carboxylic acids is 1. The van der Waals surface area contributed by atoms with Crippen LogP contribution in [0, 0.1) is 0 Å². The van der Waals surface area contributed by atoms with Gasteiger partial charge in [0.25, 0.3) is 0 Å². The molecule has 1 rings (SSSR count). The van der Waals surface area contributed by atoms with Crippen molar-refractivity contribution in [1.29, 1.82) is 0 Å². The highest BCUT2D eigenvalue weighted by molar-refractivity contribution is 5.72. The van der Waals surface area contributed by atoms with Crippen molar-refractivity contribution < 1.29 is 9.53 Å². The number of nitrogen functional groups attached to an aromatic ring is 1. The van der Waals surface area contributed by atoms with Gasteiger partial charge in [-0.1, -0.05) is 0 Å². The first kappa shape index (κ1) is 8.58. The molecule has 1 aromatic rings. The van der Waals surface area contributed by atoms with E-state index in [4.69, 9.17) is 5.73 Å². The number of methoxy groups -OCH3 is 1. The average molecular weight is 169 g/mol. The lowest BCUT2D eigenvalue weighted by Crippen LogP contribution is -2.05. The third-order valence-corrected chi connectivity index (χ3v) is 1.52. The third-order valence-electron chi connectivity index (χ3n) is 1.52. The minimum Gasteiger partial charge on any atom is -0.469 e. The average Bonchev–Trinajstić information content (AvgIpc) is 2.31. The van der Waals surface area contributed by atoms with Crippen molar-refractivity contribution in [3.63, 3.8) is 0 Å². The van der Waals surface area contributed by atoms with Gasteiger partial charge in [-0.15, -0.1) is 0 Å². The van der Waals surface area contributed by atoms with Gasteiger partial charge < -0.3 is 10.5 Å². The van der Waals surface area contributed by atoms with Crippen molar-refractivity contribution in [2.75, 3.05) is 12.8 Å². The van der Waals surface area contributed by atoms with E-state index in [1.807, 2.05) is 0 Å². The minimum absolute atomic E-state index is 0.168. The summed E-state index contributed by atoms with van der Waals surface area (Å²) in [4.78, 5) is 10.8. The number of nitrogens with zero attached hydrogens (tertiary/aromatic N) is 2. The van der Waals surface area contributed by atoms with Gasteiger partial charge in [0, 0.05) is 13.1 Å². The number of aryl methyl sites for hydroxylation is 1. The second kappa shape index (κ2) is 3.25. The van der Waals surface area contributed by atoms with Crippen molar-refractivity contribution >= 4 is 11.8 Å². The van der Waals surface area contributed by atoms with Crippen LogP contribution in [0.4, 0.5) is 5.82 Å². The number of hydrogen-bond donors (Lipinski definition) is 1. The predicted octanol–water partition coefficient (Wildman–Crippen LogP) is -0.282. The summed E-state index contributed by atoms with van der Waals surface area (Å²) in [6.07, 6.45) is 0.168. The molecule has 12 heavy (non-hydrogen) atoms. The first-order valence-electron chi connectivity index (χ1n) is 3.48. The Balaban J connectivity index is 2.70. The molecule has 0 aliphatic carbocycles. The monoisotopic (exact) mass is 169 g/mol. The molecule has 0 saturated carbocycles. The molecule has 5 nitrogen and oxygen atoms in total. The number of esters is 1. The summed E-state index contributed by atoms with van der Waals surface area (Å²) in [5.74, 6) is 0.224. The van der Waals surface area contributed by atoms with Gasteiger partial charge in [0.1, 0.15) is 5.82 Å². The Hall–Kier alpha value is -1.52. The number of hydrogen-bond acceptors (Lipinski definition) is 4. The Labute approximate surface area is 70.1 Å². The van der Waals surface area contributed by atoms with E-state index in [1.54, 1.807) is 13.1 Å². The van der Waals surface area contributed by atoms with Gasteiger partial charge in [0.05, 0.1) is 19.2 Å². The Morgan fingerprint density at radius 2 is 2.50 bits per heavy atom. The topological polar surface area (TPSA) is 70.1 Å². The standard InChI is InChI=1S/C7H11N3O2/c1-10-6(8)3-5(9-10)4-7(11)12-2/h3H,4,8H2,1-2H3. The summed E-state index contributed by atoms with van der Waals surface area (Å²) in [6.45, 7) is 0. The number of rotatable bonds is 2. The van der Waals surface area contributed by atoms with E-state index in [1.165, 1.54) is 11.8 Å². The second-order valence-corrected chi connectivity index (χ2v) is 2.44. The summed E-state index contributed by atoms with van der Waals surface area (Å²) in [6, 6.07) is 1.65. The molecule has 0 spiro atoms. The van der Waals surface area contributed by atoms with Crippen LogP contribution in [0.1, 0.15) is 5.69 Å². The van der Waals surface area contributed by atoms with Gasteiger partial charge in [-0.2, -0.15) is 5.10 Å². The molecule has 0 aliphatic heterocycles. The van der Waals surface area contributed by atoms with Crippen molar-refractivity contribution in [3.05, 3.63) is 11.8 Å². The highest BCUT2D eigenvalue weighted by Gasteiger charge is 2.07. The molecule has 5 heteroatoms. The zero-order valence-corrected chi connectivity index (χ0v) is 7.07. The van der Waals surface area contributed by atoms with Crippen LogP contribution in [0.5, 0.6) is 0 Å². The van der Waals surface area contributed by atoms with E-state index >= 15 is 0 Å². The molecular formula is C7H11N3O2. The van der Waals surface area contributed by atoms with Crippen LogP contribution in [-0.4, -0.2) is 22.9 Å². The normalized spacial score (nSPS) is 9.83. The maximum atomic E-state index is 10.8. The molecule has 0 amide bonds. The van der Waals surface area contributed by atoms with Crippen molar-refractivity contribution in [3.8, 4) is 0 Å². The zero-order chi connectivity index (χ0) is 9.14. The molecule has 0 unspecified atom stereocenters. The van der Waals surface area contributed by atoms with Gasteiger partial charge in [-0.05, 0) is 0 Å². The summed E-state index contributed by atoms with van der Waals surface area (Å²) in [5, 5.41) is 3.99. The fourth-order valence-corrected chi connectivity index (χ4v) is 0.850. The molecule has 0 aliphatic rings. The quantitative estimate of drug-likeness (QED) is 0.618. The molecule has 1 aromatic heterocycles. The number of ether oxygens (including phenoxy) is 1. The Morgan fingerprint density at radius 1 is 1.83 bits per heavy atom. The first-order chi connectivity index (χ1) is 5.63. The summed E-state index contributed by atoms with van der Waals surface area (Å²) in [7, 11) is 3.06. The smallest absolute Gasteiger partial charge is 0.311 e. The molecule has 0 aromatic carbocycles. The SMILES string of the molecule is COC(=O)Cc1cc(N)n(C)n1. The van der Waals surface area contributed by atoms with Gasteiger partial charge in [-0.25, -0.2) is 0 Å². The number of aromatic nitrogens is 2. The molecule has 0 saturated heterocycles. The van der Waals surface area contributed by atoms with Gasteiger partial charge in [-0.3, -0.25) is 9.48 Å². The van der Waals surface area contributed by atoms with E-state index in [0.717, 1.165) is 0 Å². The molecule has 0 radical (unpaired) electrons. The Bertz CT molecular complexity index is 273. The molecule has 0 atom stereocenters. The first-order valence-corrected chi connectivity index (χ1v) is 3.48. The van der Waals surface area contributed by atoms with Crippen LogP contribution in [0.3, 0.4) is 0 Å². The molecular weight excluding hydrogens is 158 g/mol. The van der Waals surface area contributed by atoms with E-state index in [9.17, 15) is 4.79 Å². The number of carbonyl (C=O) groups is 1. The zero-order valence-electron chi connectivity index (χ0n) is 7.07. The fourth-order valence-electron chi connectivity index (χ4n) is 0.850. The highest BCUT2D eigenvalue weighted by Crippen LogP contribution is 2.04. The third kappa shape index (κ3) is 1.75. The summed E-state index contributed by atoms with van der Waals surface area (Å²) in [5.41, 5.74) is 6.13. The maximum absolute atomic E-state index is 10.8. The van der Waals surface area contributed by atoms with Gasteiger partial charge in [0.15, 0.2) is 0 Å². The maximum Gasteiger partial charge on any atom is 0.311 e. The number of anilines is 1. The molecule has 2 N–H and O–H groups in total. The molecule has 66 valence electrons. The highest BCUT2D eigenvalue weighted by atomic mass is 16.5. The van der Waals surface area contributed by atoms with Crippen LogP contribution in [0.2, 0.25) is 0 Å². The van der Waals surface area contributed by atoms with Gasteiger partial charge in [0.2, 0.25) is 0 Å². The van der Waals surface area contributed by atoms with Crippen molar-refractivity contribution in [1.82, 2.24) is 9.78 Å². The van der Waals surface area contributed by atoms with Gasteiger partial charge >= 0.3 is 5.97 Å². The Kier molecular flexibility index (Phi) is 2.32. The van der Waals surface area contributed by atoms with Crippen LogP contribution in [0.15, 0.2) is 6.07 Å². The largest absolute Gasteiger partial charge is 0.469 e. The predicted molar refractivity (Wildman–Crippen MR) is 43.3 cm³/mol. The lowest BCUT2D eigenvalue weighted by Gasteiger charge is -1.93. The molecule has 0 fully saturated rings. The minimum atomic E-state index is -0.312. The second-order valence-electron chi connectivity index (χ2n) is 2.44. The summed E-state index contributed by atoms with van der Waals surface area (Å²) >= 11 is 0. The van der Waals surface area contributed by atoms with E-state index in [2.05, 4.69) is 9.84 Å². The number of nitrogens with two attached hydrogens (primary N) is 1.